The Morgan fingerprint density at radius 1 is 0.292 bits per heavy atom. The van der Waals surface area contributed by atoms with Crippen molar-refractivity contribution >= 4 is 27.8 Å². The van der Waals surface area contributed by atoms with Gasteiger partial charge in [-0.05, 0) is 92.9 Å². The third kappa shape index (κ3) is 4.92. The van der Waals surface area contributed by atoms with E-state index in [9.17, 15) is 0 Å². The van der Waals surface area contributed by atoms with E-state index in [1.165, 1.54) is 44.3 Å². The van der Waals surface area contributed by atoms with Gasteiger partial charge in [-0.15, -0.1) is 0 Å². The van der Waals surface area contributed by atoms with Gasteiger partial charge in [0.05, 0.1) is 0 Å². The van der Waals surface area contributed by atoms with Gasteiger partial charge in [0.1, 0.15) is 11.5 Å². The fourth-order valence-electron chi connectivity index (χ4n) is 6.94. The number of fused-ring (bicyclic) bond motifs is 2. The van der Waals surface area contributed by atoms with Crippen LogP contribution in [-0.2, 0) is 0 Å². The highest BCUT2D eigenvalue weighted by Crippen LogP contribution is 2.48. The lowest BCUT2D eigenvalue weighted by atomic mass is 9.90. The molecule has 0 saturated carbocycles. The van der Waals surface area contributed by atoms with Crippen molar-refractivity contribution < 1.29 is 4.74 Å². The summed E-state index contributed by atoms with van der Waals surface area (Å²) in [5.74, 6) is 1.81. The molecule has 8 aromatic carbocycles. The average molecular weight is 614 g/mol. The molecule has 0 bridgehead atoms. The number of para-hydroxylation sites is 1. The van der Waals surface area contributed by atoms with Crippen LogP contribution in [0.15, 0.2) is 188 Å². The van der Waals surface area contributed by atoms with Crippen LogP contribution in [0.25, 0.3) is 55.3 Å². The summed E-state index contributed by atoms with van der Waals surface area (Å²) in [6, 6.07) is 66.8. The van der Waals surface area contributed by atoms with Gasteiger partial charge >= 0.3 is 0 Å². The molecule has 226 valence electrons. The number of hydrogen-bond acceptors (Lipinski definition) is 2. The van der Waals surface area contributed by atoms with Gasteiger partial charge in [0.2, 0.25) is 0 Å². The fourth-order valence-corrected chi connectivity index (χ4v) is 6.94. The molecule has 1 aliphatic rings. The number of ether oxygens (including phenoxy) is 1. The first-order valence-corrected chi connectivity index (χ1v) is 16.3. The molecular weight excluding hydrogens is 583 g/mol. The van der Waals surface area contributed by atoms with E-state index in [0.717, 1.165) is 39.5 Å². The molecule has 0 spiro atoms. The zero-order valence-electron chi connectivity index (χ0n) is 26.3. The summed E-state index contributed by atoms with van der Waals surface area (Å²) in [5.41, 5.74) is 12.8. The van der Waals surface area contributed by atoms with E-state index in [2.05, 4.69) is 181 Å². The van der Waals surface area contributed by atoms with Crippen molar-refractivity contribution in [3.63, 3.8) is 0 Å². The lowest BCUT2D eigenvalue weighted by Gasteiger charge is -2.26. The molecule has 1 aliphatic heterocycles. The Morgan fingerprint density at radius 2 is 0.771 bits per heavy atom. The first-order chi connectivity index (χ1) is 23.8. The van der Waals surface area contributed by atoms with Crippen molar-refractivity contribution in [3.05, 3.63) is 188 Å². The number of anilines is 3. The maximum atomic E-state index is 6.36. The monoisotopic (exact) mass is 613 g/mol. The van der Waals surface area contributed by atoms with E-state index in [0.29, 0.717) is 0 Å². The molecule has 2 heteroatoms. The van der Waals surface area contributed by atoms with Gasteiger partial charge in [-0.25, -0.2) is 0 Å². The molecule has 8 aromatic rings. The van der Waals surface area contributed by atoms with Crippen molar-refractivity contribution in [2.75, 3.05) is 4.90 Å². The minimum Gasteiger partial charge on any atom is -0.456 e. The number of rotatable bonds is 6. The molecule has 2 nitrogen and oxygen atoms in total. The minimum absolute atomic E-state index is 0.906. The summed E-state index contributed by atoms with van der Waals surface area (Å²) >= 11 is 0. The maximum Gasteiger partial charge on any atom is 0.135 e. The van der Waals surface area contributed by atoms with Crippen molar-refractivity contribution in [1.82, 2.24) is 0 Å². The first kappa shape index (κ1) is 27.9. The summed E-state index contributed by atoms with van der Waals surface area (Å²) in [4.78, 5) is 2.33. The normalized spacial score (nSPS) is 11.5. The first-order valence-electron chi connectivity index (χ1n) is 16.3. The van der Waals surface area contributed by atoms with Crippen LogP contribution in [0.5, 0.6) is 11.5 Å². The van der Waals surface area contributed by atoms with Crippen molar-refractivity contribution in [1.29, 1.82) is 0 Å². The predicted molar refractivity (Wildman–Crippen MR) is 200 cm³/mol. The van der Waals surface area contributed by atoms with Gasteiger partial charge in [0.15, 0.2) is 0 Å². The standard InChI is InChI=1S/C46H31NO/c1-3-10-32(11-4-1)34-18-24-37(25-19-34)47(38-26-20-35(21-27-38)33-12-5-2-6-13-33)39-28-22-36(23-29-39)40-30-31-45-46-42(40)15-9-16-43(46)41-14-7-8-17-44(41)48-45/h1-31H. The highest BCUT2D eigenvalue weighted by molar-refractivity contribution is 6.09. The highest BCUT2D eigenvalue weighted by Gasteiger charge is 2.21. The van der Waals surface area contributed by atoms with E-state index in [-0.39, 0.29) is 0 Å². The highest BCUT2D eigenvalue weighted by atomic mass is 16.5. The molecule has 9 rings (SSSR count). The molecule has 0 unspecified atom stereocenters. The number of benzene rings is 8. The smallest absolute Gasteiger partial charge is 0.135 e. The summed E-state index contributed by atoms with van der Waals surface area (Å²) in [7, 11) is 0. The third-order valence-corrected chi connectivity index (χ3v) is 9.30. The molecule has 48 heavy (non-hydrogen) atoms. The van der Waals surface area contributed by atoms with Crippen LogP contribution in [0.4, 0.5) is 17.1 Å². The summed E-state index contributed by atoms with van der Waals surface area (Å²) in [6.07, 6.45) is 0. The van der Waals surface area contributed by atoms with Gasteiger partial charge in [0.25, 0.3) is 0 Å². The van der Waals surface area contributed by atoms with Crippen molar-refractivity contribution in [2.24, 2.45) is 0 Å². The molecule has 0 N–H and O–H groups in total. The largest absolute Gasteiger partial charge is 0.456 e. The Hall–Kier alpha value is -6.38. The predicted octanol–water partition coefficient (Wildman–Crippen LogP) is 13.1. The van der Waals surface area contributed by atoms with Crippen LogP contribution in [0.1, 0.15) is 0 Å². The Labute approximate surface area is 280 Å². The molecular formula is C46H31NO. The molecule has 0 aliphatic carbocycles. The molecule has 0 amide bonds. The second-order valence-electron chi connectivity index (χ2n) is 12.1. The van der Waals surface area contributed by atoms with Crippen LogP contribution < -0.4 is 9.64 Å². The van der Waals surface area contributed by atoms with Gasteiger partial charge in [0, 0.05) is 28.0 Å². The topological polar surface area (TPSA) is 12.5 Å². The Morgan fingerprint density at radius 3 is 1.35 bits per heavy atom. The van der Waals surface area contributed by atoms with Gasteiger partial charge < -0.3 is 9.64 Å². The van der Waals surface area contributed by atoms with Crippen molar-refractivity contribution in [3.8, 4) is 56.0 Å². The van der Waals surface area contributed by atoms with Gasteiger partial charge in [-0.2, -0.15) is 0 Å². The van der Waals surface area contributed by atoms with E-state index in [1.807, 2.05) is 12.1 Å². The summed E-state index contributed by atoms with van der Waals surface area (Å²) in [6.45, 7) is 0. The lowest BCUT2D eigenvalue weighted by Crippen LogP contribution is -2.09. The van der Waals surface area contributed by atoms with Crippen LogP contribution in [-0.4, -0.2) is 0 Å². The molecule has 0 aromatic heterocycles. The molecule has 1 heterocycles. The zero-order valence-corrected chi connectivity index (χ0v) is 26.3. The molecule has 0 saturated heterocycles. The Balaban J connectivity index is 1.11. The molecule has 0 fully saturated rings. The van der Waals surface area contributed by atoms with E-state index < -0.39 is 0 Å². The maximum absolute atomic E-state index is 6.36. The summed E-state index contributed by atoms with van der Waals surface area (Å²) < 4.78 is 6.36. The average Bonchev–Trinajstić information content (AvgIpc) is 3.17. The van der Waals surface area contributed by atoms with E-state index in [1.54, 1.807) is 0 Å². The second kappa shape index (κ2) is 11.8. The fraction of sp³-hybridized carbons (Fsp3) is 0. The van der Waals surface area contributed by atoms with Crippen LogP contribution >= 0.6 is 0 Å². The van der Waals surface area contributed by atoms with Crippen LogP contribution in [0.3, 0.4) is 0 Å². The van der Waals surface area contributed by atoms with Crippen LogP contribution in [0, 0.1) is 0 Å². The van der Waals surface area contributed by atoms with E-state index >= 15 is 0 Å². The van der Waals surface area contributed by atoms with E-state index in [4.69, 9.17) is 4.74 Å². The minimum atomic E-state index is 0.906. The zero-order chi connectivity index (χ0) is 31.9. The Bertz CT molecular complexity index is 2300. The number of hydrogen-bond donors (Lipinski definition) is 0. The third-order valence-electron chi connectivity index (χ3n) is 9.30. The lowest BCUT2D eigenvalue weighted by molar-refractivity contribution is 0.487. The SMILES string of the molecule is c1ccc(-c2ccc(N(c3ccc(-c4ccccc4)cc3)c3ccc(-c4ccc5c6c(cccc46)-c4ccccc4O5)cc3)cc2)cc1. The Kier molecular flexibility index (Phi) is 6.84. The molecule has 0 radical (unpaired) electrons. The number of nitrogens with zero attached hydrogens (tertiary/aromatic N) is 1. The summed E-state index contributed by atoms with van der Waals surface area (Å²) in [5, 5.41) is 2.36. The second-order valence-corrected chi connectivity index (χ2v) is 12.1. The van der Waals surface area contributed by atoms with Crippen molar-refractivity contribution in [2.45, 2.75) is 0 Å². The quantitative estimate of drug-likeness (QED) is 0.185. The van der Waals surface area contributed by atoms with Gasteiger partial charge in [-0.3, -0.25) is 0 Å². The molecule has 0 atom stereocenters. The van der Waals surface area contributed by atoms with Crippen LogP contribution in [0.2, 0.25) is 0 Å². The van der Waals surface area contributed by atoms with Gasteiger partial charge in [-0.1, -0.05) is 140 Å².